The van der Waals surface area contributed by atoms with E-state index in [0.717, 1.165) is 0 Å². The Kier molecular flexibility index (Phi) is 3.75. The lowest BCUT2D eigenvalue weighted by molar-refractivity contribution is -0.147. The predicted molar refractivity (Wildman–Crippen MR) is 75.1 cm³/mol. The summed E-state index contributed by atoms with van der Waals surface area (Å²) in [7, 11) is 0. The van der Waals surface area contributed by atoms with Gasteiger partial charge in [-0.3, -0.25) is 19.1 Å². The molecular weight excluding hydrogens is 310 g/mol. The number of nitrogen functional groups attached to an aromatic ring is 1. The number of nitrogens with zero attached hydrogens (tertiary/aromatic N) is 3. The lowest BCUT2D eigenvalue weighted by atomic mass is 10.1. The van der Waals surface area contributed by atoms with Gasteiger partial charge in [0.05, 0.1) is 6.33 Å². The fourth-order valence-corrected chi connectivity index (χ4v) is 2.43. The van der Waals surface area contributed by atoms with E-state index in [2.05, 4.69) is 15.0 Å². The van der Waals surface area contributed by atoms with E-state index in [0.29, 0.717) is 0 Å². The molecular formula is C12H15N5O6. The van der Waals surface area contributed by atoms with E-state index in [1.165, 1.54) is 17.8 Å². The average molecular weight is 325 g/mol. The van der Waals surface area contributed by atoms with Crippen molar-refractivity contribution < 1.29 is 24.5 Å². The molecule has 1 aliphatic rings. The van der Waals surface area contributed by atoms with Crippen molar-refractivity contribution in [2.75, 3.05) is 12.3 Å². The zero-order valence-electron chi connectivity index (χ0n) is 12.0. The number of nitrogens with two attached hydrogens (primary N) is 1. The summed E-state index contributed by atoms with van der Waals surface area (Å²) in [6.45, 7) is 1.00. The molecule has 0 radical (unpaired) electrons. The molecule has 1 aliphatic heterocycles. The molecule has 2 aromatic rings. The minimum absolute atomic E-state index is 0.0212. The molecule has 124 valence electrons. The number of aliphatic hydroxyl groups excluding tert-OH is 2. The Balaban J connectivity index is 1.93. The summed E-state index contributed by atoms with van der Waals surface area (Å²) in [5, 5.41) is 20.2. The molecule has 0 saturated carbocycles. The van der Waals surface area contributed by atoms with Gasteiger partial charge in [-0.25, -0.2) is 4.98 Å². The van der Waals surface area contributed by atoms with E-state index in [4.69, 9.17) is 15.2 Å². The van der Waals surface area contributed by atoms with Crippen molar-refractivity contribution in [3.8, 4) is 0 Å². The van der Waals surface area contributed by atoms with E-state index in [-0.39, 0.29) is 23.7 Å². The summed E-state index contributed by atoms with van der Waals surface area (Å²) in [6.07, 6.45) is -3.33. The van der Waals surface area contributed by atoms with Gasteiger partial charge in [-0.2, -0.15) is 4.98 Å². The summed E-state index contributed by atoms with van der Waals surface area (Å²) in [5.74, 6) is -0.651. The molecule has 0 aromatic carbocycles. The Hall–Kier alpha value is -2.50. The highest BCUT2D eigenvalue weighted by molar-refractivity contribution is 5.70. The number of anilines is 1. The number of esters is 1. The van der Waals surface area contributed by atoms with Gasteiger partial charge in [-0.1, -0.05) is 0 Å². The lowest BCUT2D eigenvalue weighted by Crippen LogP contribution is -2.34. The van der Waals surface area contributed by atoms with Gasteiger partial charge in [-0.15, -0.1) is 0 Å². The molecule has 0 bridgehead atoms. The standard InChI is InChI=1S/C12H15N5O6/c1-4(18)22-2-5-7(19)8(20)11(23-5)17-3-14-6-9(17)15-12(13)16-10(6)21/h3,5,7-8,11,19-20H,2H2,1H3,(H3,13,15,16,21)/t5-,7+,8-,11+/m0/s1. The molecule has 23 heavy (non-hydrogen) atoms. The second-order valence-corrected chi connectivity index (χ2v) is 5.12. The topological polar surface area (TPSA) is 166 Å². The molecule has 11 heteroatoms. The molecule has 5 N–H and O–H groups in total. The normalized spacial score (nSPS) is 27.4. The fraction of sp³-hybridized carbons (Fsp3) is 0.500. The van der Waals surface area contributed by atoms with Gasteiger partial charge in [0, 0.05) is 6.92 Å². The van der Waals surface area contributed by atoms with Gasteiger partial charge < -0.3 is 25.4 Å². The van der Waals surface area contributed by atoms with Crippen LogP contribution in [0.1, 0.15) is 13.2 Å². The molecule has 4 atom stereocenters. The van der Waals surface area contributed by atoms with E-state index >= 15 is 0 Å². The van der Waals surface area contributed by atoms with Crippen LogP contribution in [-0.4, -0.2) is 60.6 Å². The fourth-order valence-electron chi connectivity index (χ4n) is 2.43. The summed E-state index contributed by atoms with van der Waals surface area (Å²) < 4.78 is 11.6. The highest BCUT2D eigenvalue weighted by Gasteiger charge is 2.44. The molecule has 0 spiro atoms. The zero-order chi connectivity index (χ0) is 16.7. The molecule has 3 rings (SSSR count). The number of H-pyrrole nitrogens is 1. The Morgan fingerprint density at radius 1 is 1.52 bits per heavy atom. The van der Waals surface area contributed by atoms with Gasteiger partial charge in [0.15, 0.2) is 17.4 Å². The van der Waals surface area contributed by atoms with Crippen LogP contribution in [0.4, 0.5) is 5.95 Å². The Morgan fingerprint density at radius 2 is 2.26 bits per heavy atom. The average Bonchev–Trinajstić information content (AvgIpc) is 3.00. The maximum absolute atomic E-state index is 11.8. The Bertz CT molecular complexity index is 801. The van der Waals surface area contributed by atoms with E-state index in [1.54, 1.807) is 0 Å². The van der Waals surface area contributed by atoms with Gasteiger partial charge in [0.2, 0.25) is 5.95 Å². The number of imidazole rings is 1. The highest BCUT2D eigenvalue weighted by Crippen LogP contribution is 2.31. The van der Waals surface area contributed by atoms with Crippen LogP contribution in [0.5, 0.6) is 0 Å². The summed E-state index contributed by atoms with van der Waals surface area (Å²) in [6, 6.07) is 0. The molecule has 1 saturated heterocycles. The molecule has 1 fully saturated rings. The zero-order valence-corrected chi connectivity index (χ0v) is 12.0. The second kappa shape index (κ2) is 5.61. The number of hydrogen-bond acceptors (Lipinski definition) is 9. The van der Waals surface area contributed by atoms with Crippen molar-refractivity contribution in [3.63, 3.8) is 0 Å². The minimum atomic E-state index is -1.32. The maximum Gasteiger partial charge on any atom is 0.302 e. The largest absolute Gasteiger partial charge is 0.463 e. The van der Waals surface area contributed by atoms with Crippen LogP contribution in [-0.2, 0) is 14.3 Å². The smallest absolute Gasteiger partial charge is 0.302 e. The summed E-state index contributed by atoms with van der Waals surface area (Å²) in [5.41, 5.74) is 5.10. The van der Waals surface area contributed by atoms with Gasteiger partial charge >= 0.3 is 5.97 Å². The number of carbonyl (C=O) groups excluding carboxylic acids is 1. The first kappa shape index (κ1) is 15.4. The van der Waals surface area contributed by atoms with E-state index in [1.807, 2.05) is 0 Å². The van der Waals surface area contributed by atoms with Crippen molar-refractivity contribution in [3.05, 3.63) is 16.7 Å². The minimum Gasteiger partial charge on any atom is -0.463 e. The van der Waals surface area contributed by atoms with Crippen LogP contribution in [0.2, 0.25) is 0 Å². The Morgan fingerprint density at radius 3 is 2.96 bits per heavy atom. The molecule has 0 aliphatic carbocycles. The number of aromatic nitrogens is 4. The van der Waals surface area contributed by atoms with Crippen LogP contribution in [0, 0.1) is 0 Å². The number of rotatable bonds is 3. The summed E-state index contributed by atoms with van der Waals surface area (Å²) >= 11 is 0. The van der Waals surface area contributed by atoms with Gasteiger partial charge in [0.1, 0.15) is 24.9 Å². The van der Waals surface area contributed by atoms with Crippen LogP contribution in [0.15, 0.2) is 11.1 Å². The first-order valence-corrected chi connectivity index (χ1v) is 6.75. The predicted octanol–water partition coefficient (Wildman–Crippen LogP) is -2.12. The summed E-state index contributed by atoms with van der Waals surface area (Å²) in [4.78, 5) is 32.8. The van der Waals surface area contributed by atoms with Crippen LogP contribution in [0.25, 0.3) is 11.2 Å². The molecule has 3 heterocycles. The number of carbonyl (C=O) groups is 1. The molecule has 0 amide bonds. The number of fused-ring (bicyclic) bond motifs is 1. The van der Waals surface area contributed by atoms with Crippen LogP contribution in [0.3, 0.4) is 0 Å². The third-order valence-corrected chi connectivity index (χ3v) is 3.51. The highest BCUT2D eigenvalue weighted by atomic mass is 16.6. The van der Waals surface area contributed by atoms with Gasteiger partial charge in [-0.05, 0) is 0 Å². The van der Waals surface area contributed by atoms with Crippen molar-refractivity contribution in [1.82, 2.24) is 19.5 Å². The maximum atomic E-state index is 11.8. The van der Waals surface area contributed by atoms with E-state index in [9.17, 15) is 19.8 Å². The molecule has 11 nitrogen and oxygen atoms in total. The monoisotopic (exact) mass is 325 g/mol. The quantitative estimate of drug-likeness (QED) is 0.462. The van der Waals surface area contributed by atoms with Crippen molar-refractivity contribution in [2.24, 2.45) is 0 Å². The number of nitrogens with one attached hydrogen (secondary N) is 1. The van der Waals surface area contributed by atoms with Gasteiger partial charge in [0.25, 0.3) is 5.56 Å². The van der Waals surface area contributed by atoms with Crippen molar-refractivity contribution in [1.29, 1.82) is 0 Å². The number of aromatic amines is 1. The Labute approximate surface area is 128 Å². The second-order valence-electron chi connectivity index (χ2n) is 5.12. The van der Waals surface area contributed by atoms with Crippen LogP contribution < -0.4 is 11.3 Å². The SMILES string of the molecule is CC(=O)OC[C@@H]1O[C@@H](n2cnc3c(=O)[nH]c(N)nc32)[C@@H](O)[C@@H]1O. The van der Waals surface area contributed by atoms with Crippen molar-refractivity contribution >= 4 is 23.1 Å². The molecule has 2 aromatic heterocycles. The number of aliphatic hydroxyl groups is 2. The third-order valence-electron chi connectivity index (χ3n) is 3.51. The third kappa shape index (κ3) is 2.65. The number of hydrogen-bond donors (Lipinski definition) is 4. The first-order chi connectivity index (χ1) is 10.9. The first-order valence-electron chi connectivity index (χ1n) is 6.75. The molecule has 0 unspecified atom stereocenters. The number of ether oxygens (including phenoxy) is 2. The van der Waals surface area contributed by atoms with E-state index < -0.39 is 36.1 Å². The van der Waals surface area contributed by atoms with Crippen molar-refractivity contribution in [2.45, 2.75) is 31.5 Å². The van der Waals surface area contributed by atoms with Crippen LogP contribution >= 0.6 is 0 Å². The lowest BCUT2D eigenvalue weighted by Gasteiger charge is -2.16.